The molecule has 1 aliphatic rings. The molecule has 1 heterocycles. The molecule has 0 atom stereocenters. The Hall–Kier alpha value is -1.07. The molecule has 1 saturated heterocycles. The van der Waals surface area contributed by atoms with Gasteiger partial charge in [0.05, 0.1) is 5.75 Å². The first kappa shape index (κ1) is 15.3. The Balaban J connectivity index is 1.91. The number of aryl methyl sites for hydroxylation is 1. The highest BCUT2D eigenvalue weighted by atomic mass is 32.2. The Bertz CT molecular complexity index is 561. The Morgan fingerprint density at radius 1 is 1.30 bits per heavy atom. The van der Waals surface area contributed by atoms with Crippen molar-refractivity contribution in [3.63, 3.8) is 0 Å². The average Bonchev–Trinajstić information content (AvgIpc) is 2.36. The van der Waals surface area contributed by atoms with Gasteiger partial charge in [0.2, 0.25) is 0 Å². The first-order valence-corrected chi connectivity index (χ1v) is 9.17. The number of sulfone groups is 1. The second-order valence-electron chi connectivity index (χ2n) is 5.86. The van der Waals surface area contributed by atoms with E-state index in [1.54, 1.807) is 0 Å². The van der Waals surface area contributed by atoms with Gasteiger partial charge in [0.25, 0.3) is 0 Å². The molecule has 5 heteroatoms. The van der Waals surface area contributed by atoms with Crippen LogP contribution < -0.4 is 5.73 Å². The van der Waals surface area contributed by atoms with Crippen molar-refractivity contribution in [2.75, 3.05) is 37.4 Å². The minimum absolute atomic E-state index is 0.262. The summed E-state index contributed by atoms with van der Waals surface area (Å²) < 4.78 is 22.4. The van der Waals surface area contributed by atoms with Gasteiger partial charge in [-0.3, -0.25) is 0 Å². The molecule has 4 nitrogen and oxygen atoms in total. The monoisotopic (exact) mass is 296 g/mol. The molecule has 0 amide bonds. The summed E-state index contributed by atoms with van der Waals surface area (Å²) in [6.45, 7) is 4.72. The zero-order chi connectivity index (χ0) is 14.8. The van der Waals surface area contributed by atoms with E-state index in [9.17, 15) is 8.42 Å². The number of nitrogens with zero attached hydrogens (tertiary/aromatic N) is 1. The van der Waals surface area contributed by atoms with Gasteiger partial charge in [-0.25, -0.2) is 8.42 Å². The lowest BCUT2D eigenvalue weighted by molar-refractivity contribution is 0.223. The van der Waals surface area contributed by atoms with E-state index in [4.69, 9.17) is 5.73 Å². The van der Waals surface area contributed by atoms with E-state index in [2.05, 4.69) is 17.9 Å². The van der Waals surface area contributed by atoms with Gasteiger partial charge in [-0.05, 0) is 62.0 Å². The van der Waals surface area contributed by atoms with Crippen LogP contribution in [0.25, 0.3) is 0 Å². The highest BCUT2D eigenvalue weighted by molar-refractivity contribution is 7.90. The molecule has 0 spiro atoms. The van der Waals surface area contributed by atoms with Crippen molar-refractivity contribution in [2.24, 2.45) is 0 Å². The van der Waals surface area contributed by atoms with E-state index >= 15 is 0 Å². The fourth-order valence-electron chi connectivity index (χ4n) is 2.92. The Kier molecular flexibility index (Phi) is 4.70. The third-order valence-electron chi connectivity index (χ3n) is 4.10. The number of hydrogen-bond donors (Lipinski definition) is 1. The van der Waals surface area contributed by atoms with E-state index in [0.717, 1.165) is 31.6 Å². The molecule has 2 rings (SSSR count). The normalized spacial score (nSPS) is 18.3. The fourth-order valence-corrected chi connectivity index (χ4v) is 3.51. The predicted molar refractivity (Wildman–Crippen MR) is 83.7 cm³/mol. The van der Waals surface area contributed by atoms with Crippen molar-refractivity contribution < 1.29 is 8.42 Å². The predicted octanol–water partition coefficient (Wildman–Crippen LogP) is 1.80. The van der Waals surface area contributed by atoms with Crippen molar-refractivity contribution in [1.29, 1.82) is 0 Å². The molecule has 0 radical (unpaired) electrons. The maximum Gasteiger partial charge on any atom is 0.148 e. The van der Waals surface area contributed by atoms with Gasteiger partial charge in [0, 0.05) is 18.5 Å². The minimum atomic E-state index is -2.86. The molecule has 1 aromatic carbocycles. The molecule has 1 aliphatic heterocycles. The topological polar surface area (TPSA) is 63.4 Å². The summed E-state index contributed by atoms with van der Waals surface area (Å²) in [6, 6.07) is 6.14. The molecule has 1 aromatic rings. The molecule has 0 saturated carbocycles. The zero-order valence-electron chi connectivity index (χ0n) is 12.3. The Labute approximate surface area is 121 Å². The number of nitrogen functional groups attached to an aromatic ring is 1. The number of likely N-dealkylation sites (tertiary alicyclic amines) is 1. The Morgan fingerprint density at radius 3 is 2.50 bits per heavy atom. The maximum atomic E-state index is 11.2. The van der Waals surface area contributed by atoms with Crippen molar-refractivity contribution in [3.05, 3.63) is 29.3 Å². The van der Waals surface area contributed by atoms with Gasteiger partial charge in [-0.15, -0.1) is 0 Å². The summed E-state index contributed by atoms with van der Waals surface area (Å²) in [5.41, 5.74) is 9.27. The number of anilines is 1. The van der Waals surface area contributed by atoms with Crippen LogP contribution in [0, 0.1) is 6.92 Å². The third kappa shape index (κ3) is 4.21. The second-order valence-corrected chi connectivity index (χ2v) is 8.12. The lowest BCUT2D eigenvalue weighted by Gasteiger charge is -2.32. The number of piperidine rings is 1. The SMILES string of the molecule is Cc1cc(N)ccc1C1CCN(CCS(C)(=O)=O)CC1. The molecule has 0 aliphatic carbocycles. The van der Waals surface area contributed by atoms with Gasteiger partial charge < -0.3 is 10.6 Å². The maximum absolute atomic E-state index is 11.2. The van der Waals surface area contributed by atoms with Crippen molar-refractivity contribution in [3.8, 4) is 0 Å². The van der Waals surface area contributed by atoms with E-state index in [0.29, 0.717) is 12.5 Å². The van der Waals surface area contributed by atoms with E-state index in [-0.39, 0.29) is 5.75 Å². The summed E-state index contributed by atoms with van der Waals surface area (Å²) >= 11 is 0. The number of rotatable bonds is 4. The van der Waals surface area contributed by atoms with Crippen LogP contribution in [0.2, 0.25) is 0 Å². The standard InChI is InChI=1S/C15H24N2O2S/c1-12-11-14(16)3-4-15(12)13-5-7-17(8-6-13)9-10-20(2,18)19/h3-4,11,13H,5-10,16H2,1-2H3. The Morgan fingerprint density at radius 2 is 1.95 bits per heavy atom. The van der Waals surface area contributed by atoms with Gasteiger partial charge in [0.1, 0.15) is 9.84 Å². The molecule has 112 valence electrons. The molecule has 0 unspecified atom stereocenters. The van der Waals surface area contributed by atoms with Gasteiger partial charge in [-0.2, -0.15) is 0 Å². The quantitative estimate of drug-likeness (QED) is 0.861. The highest BCUT2D eigenvalue weighted by Gasteiger charge is 2.22. The van der Waals surface area contributed by atoms with Crippen LogP contribution in [0.5, 0.6) is 0 Å². The highest BCUT2D eigenvalue weighted by Crippen LogP contribution is 2.30. The van der Waals surface area contributed by atoms with Crippen molar-refractivity contribution in [1.82, 2.24) is 4.90 Å². The smallest absolute Gasteiger partial charge is 0.148 e. The summed E-state index contributed by atoms with van der Waals surface area (Å²) in [4.78, 5) is 2.25. The van der Waals surface area contributed by atoms with E-state index < -0.39 is 9.84 Å². The number of hydrogen-bond acceptors (Lipinski definition) is 4. The van der Waals surface area contributed by atoms with Crippen LogP contribution in [0.3, 0.4) is 0 Å². The van der Waals surface area contributed by atoms with Crippen LogP contribution in [0.15, 0.2) is 18.2 Å². The molecular weight excluding hydrogens is 272 g/mol. The summed E-state index contributed by atoms with van der Waals surface area (Å²) in [7, 11) is -2.86. The third-order valence-corrected chi connectivity index (χ3v) is 5.02. The van der Waals surface area contributed by atoms with Gasteiger partial charge >= 0.3 is 0 Å². The minimum Gasteiger partial charge on any atom is -0.399 e. The molecule has 0 bridgehead atoms. The van der Waals surface area contributed by atoms with Crippen molar-refractivity contribution in [2.45, 2.75) is 25.7 Å². The first-order chi connectivity index (χ1) is 9.35. The van der Waals surface area contributed by atoms with Crippen LogP contribution in [0.1, 0.15) is 29.9 Å². The van der Waals surface area contributed by atoms with Gasteiger partial charge in [0.15, 0.2) is 0 Å². The van der Waals surface area contributed by atoms with Crippen LogP contribution in [-0.4, -0.2) is 45.0 Å². The van der Waals surface area contributed by atoms with Gasteiger partial charge in [-0.1, -0.05) is 6.07 Å². The average molecular weight is 296 g/mol. The second kappa shape index (κ2) is 6.14. The molecule has 1 fully saturated rings. The fraction of sp³-hybridized carbons (Fsp3) is 0.600. The lowest BCUT2D eigenvalue weighted by Crippen LogP contribution is -2.36. The molecule has 2 N–H and O–H groups in total. The van der Waals surface area contributed by atoms with E-state index in [1.807, 2.05) is 12.1 Å². The summed E-state index contributed by atoms with van der Waals surface area (Å²) in [5, 5.41) is 0. The first-order valence-electron chi connectivity index (χ1n) is 7.11. The number of nitrogens with two attached hydrogens (primary N) is 1. The van der Waals surface area contributed by atoms with Crippen molar-refractivity contribution >= 4 is 15.5 Å². The summed E-state index contributed by atoms with van der Waals surface area (Å²) in [6.07, 6.45) is 3.49. The lowest BCUT2D eigenvalue weighted by atomic mass is 9.87. The van der Waals surface area contributed by atoms with Crippen LogP contribution in [-0.2, 0) is 9.84 Å². The zero-order valence-corrected chi connectivity index (χ0v) is 13.1. The van der Waals surface area contributed by atoms with Crippen LogP contribution in [0.4, 0.5) is 5.69 Å². The molecule has 20 heavy (non-hydrogen) atoms. The molecular formula is C15H24N2O2S. The van der Waals surface area contributed by atoms with E-state index in [1.165, 1.54) is 17.4 Å². The largest absolute Gasteiger partial charge is 0.399 e. The van der Waals surface area contributed by atoms with Crippen LogP contribution >= 0.6 is 0 Å². The molecule has 0 aromatic heterocycles. The number of benzene rings is 1. The summed E-state index contributed by atoms with van der Waals surface area (Å²) in [5.74, 6) is 0.837.